The molecule has 1 rings (SSSR count). The van der Waals surface area contributed by atoms with Crippen molar-refractivity contribution in [1.82, 2.24) is 10.2 Å². The molecule has 1 N–H and O–H groups in total. The Labute approximate surface area is 115 Å². The molecule has 0 aromatic carbocycles. The van der Waals surface area contributed by atoms with Crippen LogP contribution in [-0.2, 0) is 0 Å². The maximum atomic E-state index is 3.48. The highest BCUT2D eigenvalue weighted by molar-refractivity contribution is 4.62. The molecule has 2 nitrogen and oxygen atoms in total. The molecular weight excluding hydrogens is 220 g/mol. The lowest BCUT2D eigenvalue weighted by molar-refractivity contribution is 0.242. The first kappa shape index (κ1) is 16.0. The van der Waals surface area contributed by atoms with E-state index in [0.29, 0.717) is 0 Å². The largest absolute Gasteiger partial charge is 0.317 e. The minimum atomic E-state index is 1.19. The van der Waals surface area contributed by atoms with Crippen LogP contribution >= 0.6 is 0 Å². The van der Waals surface area contributed by atoms with Crippen LogP contribution < -0.4 is 5.32 Å². The lowest BCUT2D eigenvalue weighted by atomic mass is 10.1. The molecule has 0 aliphatic carbocycles. The topological polar surface area (TPSA) is 15.3 Å². The Morgan fingerprint density at radius 2 is 1.44 bits per heavy atom. The molecule has 0 radical (unpaired) electrons. The maximum Gasteiger partial charge on any atom is -0.00187 e. The van der Waals surface area contributed by atoms with Gasteiger partial charge in [-0.3, -0.25) is 0 Å². The summed E-state index contributed by atoms with van der Waals surface area (Å²) in [4.78, 5) is 2.70. The smallest absolute Gasteiger partial charge is 0.00187 e. The number of nitrogens with zero attached hydrogens (tertiary/aromatic N) is 1. The summed E-state index contributed by atoms with van der Waals surface area (Å²) in [5, 5.41) is 3.48. The number of hydrogen-bond acceptors (Lipinski definition) is 2. The molecule has 1 saturated heterocycles. The van der Waals surface area contributed by atoms with Gasteiger partial charge in [-0.1, -0.05) is 39.0 Å². The molecule has 2 heteroatoms. The number of nitrogens with one attached hydrogen (secondary N) is 1. The number of unbranched alkanes of at least 4 members (excludes halogenated alkanes) is 3. The van der Waals surface area contributed by atoms with E-state index < -0.39 is 0 Å². The summed E-state index contributed by atoms with van der Waals surface area (Å²) in [7, 11) is 0. The van der Waals surface area contributed by atoms with Crippen molar-refractivity contribution in [3.8, 4) is 0 Å². The van der Waals surface area contributed by atoms with E-state index in [1.807, 2.05) is 0 Å². The van der Waals surface area contributed by atoms with Crippen LogP contribution in [0.3, 0.4) is 0 Å². The highest BCUT2D eigenvalue weighted by Crippen LogP contribution is 2.11. The molecule has 0 aromatic heterocycles. The van der Waals surface area contributed by atoms with Crippen molar-refractivity contribution in [1.29, 1.82) is 0 Å². The average Bonchev–Trinajstić information content (AvgIpc) is 2.34. The maximum absolute atomic E-state index is 3.48. The van der Waals surface area contributed by atoms with Gasteiger partial charge in [0.05, 0.1) is 0 Å². The quantitative estimate of drug-likeness (QED) is 0.629. The Morgan fingerprint density at radius 1 is 0.778 bits per heavy atom. The van der Waals surface area contributed by atoms with Gasteiger partial charge in [0.2, 0.25) is 0 Å². The van der Waals surface area contributed by atoms with Crippen LogP contribution in [0.25, 0.3) is 0 Å². The van der Waals surface area contributed by atoms with E-state index >= 15 is 0 Å². The second-order valence-corrected chi connectivity index (χ2v) is 5.77. The van der Waals surface area contributed by atoms with Crippen LogP contribution in [0.4, 0.5) is 0 Å². The fourth-order valence-electron chi connectivity index (χ4n) is 2.78. The van der Waals surface area contributed by atoms with Gasteiger partial charge in [-0.2, -0.15) is 0 Å². The van der Waals surface area contributed by atoms with Gasteiger partial charge >= 0.3 is 0 Å². The monoisotopic (exact) mass is 254 g/mol. The molecule has 0 atom stereocenters. The van der Waals surface area contributed by atoms with Gasteiger partial charge in [0, 0.05) is 0 Å². The molecule has 1 aliphatic heterocycles. The van der Waals surface area contributed by atoms with Gasteiger partial charge in [-0.25, -0.2) is 0 Å². The van der Waals surface area contributed by atoms with Gasteiger partial charge in [0.25, 0.3) is 0 Å². The molecular formula is C16H34N2. The first-order valence-electron chi connectivity index (χ1n) is 8.36. The SMILES string of the molecule is CCCNCCCCCCN1CCCCCCC1. The summed E-state index contributed by atoms with van der Waals surface area (Å²) in [6, 6.07) is 0. The number of rotatable bonds is 9. The first-order chi connectivity index (χ1) is 8.93. The highest BCUT2D eigenvalue weighted by atomic mass is 15.1. The zero-order valence-electron chi connectivity index (χ0n) is 12.6. The molecule has 0 unspecified atom stereocenters. The molecule has 0 bridgehead atoms. The predicted octanol–water partition coefficient (Wildman–Crippen LogP) is 3.81. The summed E-state index contributed by atoms with van der Waals surface area (Å²) >= 11 is 0. The van der Waals surface area contributed by atoms with Crippen molar-refractivity contribution >= 4 is 0 Å². The highest BCUT2D eigenvalue weighted by Gasteiger charge is 2.06. The Balaban J connectivity index is 1.86. The van der Waals surface area contributed by atoms with Crippen molar-refractivity contribution < 1.29 is 0 Å². The minimum Gasteiger partial charge on any atom is -0.317 e. The molecule has 0 saturated carbocycles. The van der Waals surface area contributed by atoms with E-state index in [4.69, 9.17) is 0 Å². The van der Waals surface area contributed by atoms with Crippen molar-refractivity contribution in [2.75, 3.05) is 32.7 Å². The minimum absolute atomic E-state index is 1.19. The van der Waals surface area contributed by atoms with Crippen molar-refractivity contribution in [2.45, 2.75) is 71.1 Å². The summed E-state index contributed by atoms with van der Waals surface area (Å²) in [5.74, 6) is 0. The zero-order valence-corrected chi connectivity index (χ0v) is 12.6. The van der Waals surface area contributed by atoms with Crippen LogP contribution in [0.15, 0.2) is 0 Å². The van der Waals surface area contributed by atoms with Gasteiger partial charge in [-0.05, 0) is 64.8 Å². The number of likely N-dealkylation sites (tertiary alicyclic amines) is 1. The van der Waals surface area contributed by atoms with Gasteiger partial charge in [-0.15, -0.1) is 0 Å². The van der Waals surface area contributed by atoms with E-state index in [9.17, 15) is 0 Å². The van der Waals surface area contributed by atoms with E-state index in [2.05, 4.69) is 17.1 Å². The second kappa shape index (κ2) is 12.0. The fraction of sp³-hybridized carbons (Fsp3) is 1.00. The molecule has 0 aromatic rings. The zero-order chi connectivity index (χ0) is 12.9. The lowest BCUT2D eigenvalue weighted by Gasteiger charge is -2.24. The van der Waals surface area contributed by atoms with E-state index in [1.165, 1.54) is 96.9 Å². The summed E-state index contributed by atoms with van der Waals surface area (Å²) in [6.45, 7) is 8.71. The Kier molecular flexibility index (Phi) is 10.6. The van der Waals surface area contributed by atoms with Crippen LogP contribution in [0, 0.1) is 0 Å². The van der Waals surface area contributed by atoms with E-state index in [-0.39, 0.29) is 0 Å². The van der Waals surface area contributed by atoms with Crippen LogP contribution in [0.2, 0.25) is 0 Å². The lowest BCUT2D eigenvalue weighted by Crippen LogP contribution is -2.28. The molecule has 18 heavy (non-hydrogen) atoms. The van der Waals surface area contributed by atoms with Gasteiger partial charge < -0.3 is 10.2 Å². The third-order valence-electron chi connectivity index (χ3n) is 3.95. The van der Waals surface area contributed by atoms with Crippen LogP contribution in [0.5, 0.6) is 0 Å². The third-order valence-corrected chi connectivity index (χ3v) is 3.95. The van der Waals surface area contributed by atoms with Crippen molar-refractivity contribution in [3.63, 3.8) is 0 Å². The summed E-state index contributed by atoms with van der Waals surface area (Å²) in [5.41, 5.74) is 0. The van der Waals surface area contributed by atoms with E-state index in [1.54, 1.807) is 0 Å². The second-order valence-electron chi connectivity index (χ2n) is 5.77. The van der Waals surface area contributed by atoms with Crippen molar-refractivity contribution in [2.24, 2.45) is 0 Å². The fourth-order valence-corrected chi connectivity index (χ4v) is 2.78. The van der Waals surface area contributed by atoms with Crippen LogP contribution in [0.1, 0.15) is 71.1 Å². The Bertz CT molecular complexity index is 162. The molecule has 1 heterocycles. The Hall–Kier alpha value is -0.0800. The Morgan fingerprint density at radius 3 is 2.17 bits per heavy atom. The van der Waals surface area contributed by atoms with Crippen LogP contribution in [-0.4, -0.2) is 37.6 Å². The average molecular weight is 254 g/mol. The molecule has 0 amide bonds. The van der Waals surface area contributed by atoms with Gasteiger partial charge in [0.15, 0.2) is 0 Å². The van der Waals surface area contributed by atoms with Gasteiger partial charge in [0.1, 0.15) is 0 Å². The normalized spacial score (nSPS) is 18.5. The predicted molar refractivity (Wildman–Crippen MR) is 81.2 cm³/mol. The molecule has 1 fully saturated rings. The molecule has 0 spiro atoms. The molecule has 108 valence electrons. The molecule has 1 aliphatic rings. The first-order valence-corrected chi connectivity index (χ1v) is 8.36. The number of hydrogen-bond donors (Lipinski definition) is 1. The standard InChI is InChI=1S/C16H34N2/c1-2-12-17-13-8-4-7-11-16-18-14-9-5-3-6-10-15-18/h17H,2-16H2,1H3. The van der Waals surface area contributed by atoms with E-state index in [0.717, 1.165) is 0 Å². The summed E-state index contributed by atoms with van der Waals surface area (Å²) in [6.07, 6.45) is 14.1. The summed E-state index contributed by atoms with van der Waals surface area (Å²) < 4.78 is 0. The van der Waals surface area contributed by atoms with Crippen molar-refractivity contribution in [3.05, 3.63) is 0 Å². The third kappa shape index (κ3) is 8.93.